The zero-order chi connectivity index (χ0) is 19.0. The van der Waals surface area contributed by atoms with Crippen molar-refractivity contribution >= 4 is 11.8 Å². The molecule has 0 N–H and O–H groups in total. The van der Waals surface area contributed by atoms with Crippen LogP contribution in [-0.2, 0) is 17.8 Å². The number of imidazole rings is 1. The molecule has 3 rings (SSSR count). The lowest BCUT2D eigenvalue weighted by Gasteiger charge is -2.30. The fourth-order valence-electron chi connectivity index (χ4n) is 3.26. The maximum atomic E-state index is 13.0. The van der Waals surface area contributed by atoms with E-state index in [-0.39, 0.29) is 23.8 Å². The molecule has 0 aromatic carbocycles. The summed E-state index contributed by atoms with van der Waals surface area (Å²) in [5, 5.41) is 3.93. The number of carbonyl (C=O) groups excluding carboxylic acids is 2. The fourth-order valence-corrected chi connectivity index (χ4v) is 3.26. The van der Waals surface area contributed by atoms with E-state index in [4.69, 9.17) is 4.52 Å². The van der Waals surface area contributed by atoms with Crippen LogP contribution in [0.15, 0.2) is 16.9 Å². The first kappa shape index (κ1) is 18.2. The molecule has 0 aliphatic carbocycles. The average Bonchev–Trinajstić information content (AvgIpc) is 3.26. The molecule has 2 amide bonds. The standard InChI is InChI=1S/C18H25N5O3/c1-11(2)16-19-7-9-23(16)12(3)17(24)22-8-6-14-13(10-22)15(20-26-14)18(25)21(4)5/h7,9,11-12H,6,8,10H2,1-5H3. The minimum absolute atomic E-state index is 0.00000189. The van der Waals surface area contributed by atoms with Crippen LogP contribution in [0.1, 0.15) is 60.4 Å². The molecule has 1 aliphatic heterocycles. The molecule has 0 saturated carbocycles. The molecule has 26 heavy (non-hydrogen) atoms. The van der Waals surface area contributed by atoms with E-state index in [1.807, 2.05) is 17.7 Å². The number of amides is 2. The van der Waals surface area contributed by atoms with Crippen LogP contribution in [-0.4, -0.2) is 57.0 Å². The summed E-state index contributed by atoms with van der Waals surface area (Å²) in [6, 6.07) is -0.357. The SMILES string of the molecule is CC(C)c1nccn1C(C)C(=O)N1CCc2onc(C(=O)N(C)C)c2C1. The summed E-state index contributed by atoms with van der Waals surface area (Å²) in [7, 11) is 3.34. The topological polar surface area (TPSA) is 84.5 Å². The van der Waals surface area contributed by atoms with Crippen LogP contribution >= 0.6 is 0 Å². The Bertz CT molecular complexity index is 821. The van der Waals surface area contributed by atoms with Gasteiger partial charge in [0.15, 0.2) is 5.69 Å². The Balaban J connectivity index is 1.82. The molecule has 2 aromatic heterocycles. The third kappa shape index (κ3) is 3.11. The number of carbonyl (C=O) groups is 2. The largest absolute Gasteiger partial charge is 0.360 e. The van der Waals surface area contributed by atoms with Gasteiger partial charge in [0.05, 0.1) is 6.54 Å². The van der Waals surface area contributed by atoms with Gasteiger partial charge in [-0.3, -0.25) is 9.59 Å². The molecular formula is C18H25N5O3. The third-order valence-electron chi connectivity index (χ3n) is 4.74. The van der Waals surface area contributed by atoms with Gasteiger partial charge in [-0.05, 0) is 6.92 Å². The molecule has 8 heteroatoms. The number of fused-ring (bicyclic) bond motifs is 1. The number of aromatic nitrogens is 3. The van der Waals surface area contributed by atoms with E-state index in [1.54, 1.807) is 25.2 Å². The summed E-state index contributed by atoms with van der Waals surface area (Å²) in [5.41, 5.74) is 1.01. The zero-order valence-electron chi connectivity index (χ0n) is 15.9. The van der Waals surface area contributed by atoms with Crippen LogP contribution in [0.2, 0.25) is 0 Å². The van der Waals surface area contributed by atoms with Gasteiger partial charge in [0.25, 0.3) is 5.91 Å². The van der Waals surface area contributed by atoms with E-state index in [1.165, 1.54) is 4.90 Å². The third-order valence-corrected chi connectivity index (χ3v) is 4.74. The van der Waals surface area contributed by atoms with Crippen LogP contribution in [0.5, 0.6) is 0 Å². The Hall–Kier alpha value is -2.64. The van der Waals surface area contributed by atoms with Gasteiger partial charge in [-0.15, -0.1) is 0 Å². The van der Waals surface area contributed by atoms with Gasteiger partial charge in [-0.2, -0.15) is 0 Å². The Morgan fingerprint density at radius 1 is 1.27 bits per heavy atom. The molecule has 0 radical (unpaired) electrons. The molecule has 0 saturated heterocycles. The molecule has 3 heterocycles. The summed E-state index contributed by atoms with van der Waals surface area (Å²) < 4.78 is 7.24. The van der Waals surface area contributed by atoms with E-state index >= 15 is 0 Å². The van der Waals surface area contributed by atoms with Gasteiger partial charge in [-0.1, -0.05) is 19.0 Å². The minimum atomic E-state index is -0.357. The van der Waals surface area contributed by atoms with Crippen molar-refractivity contribution in [1.82, 2.24) is 24.5 Å². The Labute approximate surface area is 152 Å². The normalized spacial score (nSPS) is 15.1. The number of rotatable bonds is 4. The Morgan fingerprint density at radius 2 is 2.00 bits per heavy atom. The second kappa shape index (κ2) is 6.93. The van der Waals surface area contributed by atoms with E-state index in [0.717, 1.165) is 5.82 Å². The van der Waals surface area contributed by atoms with Crippen LogP contribution in [0.3, 0.4) is 0 Å². The monoisotopic (exact) mass is 359 g/mol. The molecule has 1 atom stereocenters. The van der Waals surface area contributed by atoms with Crippen LogP contribution < -0.4 is 0 Å². The van der Waals surface area contributed by atoms with Crippen LogP contribution in [0, 0.1) is 0 Å². The van der Waals surface area contributed by atoms with Crippen molar-refractivity contribution < 1.29 is 14.1 Å². The predicted molar refractivity (Wildman–Crippen MR) is 94.7 cm³/mol. The summed E-state index contributed by atoms with van der Waals surface area (Å²) in [6.45, 7) is 6.87. The highest BCUT2D eigenvalue weighted by molar-refractivity contribution is 5.93. The summed E-state index contributed by atoms with van der Waals surface area (Å²) >= 11 is 0. The maximum absolute atomic E-state index is 13.0. The second-order valence-corrected chi connectivity index (χ2v) is 7.17. The lowest BCUT2D eigenvalue weighted by Crippen LogP contribution is -2.40. The van der Waals surface area contributed by atoms with Crippen molar-refractivity contribution in [3.63, 3.8) is 0 Å². The van der Waals surface area contributed by atoms with Gasteiger partial charge in [-0.25, -0.2) is 4.98 Å². The van der Waals surface area contributed by atoms with Gasteiger partial charge < -0.3 is 18.9 Å². The highest BCUT2D eigenvalue weighted by Crippen LogP contribution is 2.26. The number of hydrogen-bond donors (Lipinski definition) is 0. The smallest absolute Gasteiger partial charge is 0.275 e. The van der Waals surface area contributed by atoms with Crippen molar-refractivity contribution in [3.8, 4) is 0 Å². The van der Waals surface area contributed by atoms with Crippen molar-refractivity contribution in [2.75, 3.05) is 20.6 Å². The number of hydrogen-bond acceptors (Lipinski definition) is 5. The fraction of sp³-hybridized carbons (Fsp3) is 0.556. The Kier molecular flexibility index (Phi) is 4.84. The molecule has 0 fully saturated rings. The quantitative estimate of drug-likeness (QED) is 0.832. The summed E-state index contributed by atoms with van der Waals surface area (Å²) in [4.78, 5) is 32.9. The van der Waals surface area contributed by atoms with Gasteiger partial charge in [0.2, 0.25) is 5.91 Å². The molecule has 1 unspecified atom stereocenters. The van der Waals surface area contributed by atoms with Gasteiger partial charge >= 0.3 is 0 Å². The molecule has 1 aliphatic rings. The minimum Gasteiger partial charge on any atom is -0.360 e. The van der Waals surface area contributed by atoms with Gasteiger partial charge in [0.1, 0.15) is 17.6 Å². The molecule has 8 nitrogen and oxygen atoms in total. The lowest BCUT2D eigenvalue weighted by atomic mass is 10.0. The molecule has 140 valence electrons. The first-order chi connectivity index (χ1) is 12.3. The zero-order valence-corrected chi connectivity index (χ0v) is 15.9. The van der Waals surface area contributed by atoms with E-state index in [2.05, 4.69) is 24.0 Å². The summed E-state index contributed by atoms with van der Waals surface area (Å²) in [6.07, 6.45) is 4.12. The molecule has 0 spiro atoms. The lowest BCUT2D eigenvalue weighted by molar-refractivity contribution is -0.135. The van der Waals surface area contributed by atoms with Crippen molar-refractivity contribution in [3.05, 3.63) is 35.2 Å². The predicted octanol–water partition coefficient (Wildman–Crippen LogP) is 1.84. The molecule has 0 bridgehead atoms. The highest BCUT2D eigenvalue weighted by atomic mass is 16.5. The van der Waals surface area contributed by atoms with E-state index in [9.17, 15) is 9.59 Å². The highest BCUT2D eigenvalue weighted by Gasteiger charge is 2.32. The Morgan fingerprint density at radius 3 is 2.65 bits per heavy atom. The molecular weight excluding hydrogens is 334 g/mol. The van der Waals surface area contributed by atoms with Gasteiger partial charge in [0, 0.05) is 50.9 Å². The maximum Gasteiger partial charge on any atom is 0.275 e. The second-order valence-electron chi connectivity index (χ2n) is 7.17. The van der Waals surface area contributed by atoms with E-state index in [0.29, 0.717) is 36.5 Å². The number of nitrogens with zero attached hydrogens (tertiary/aromatic N) is 5. The average molecular weight is 359 g/mol. The first-order valence-electron chi connectivity index (χ1n) is 8.81. The van der Waals surface area contributed by atoms with Crippen molar-refractivity contribution in [1.29, 1.82) is 0 Å². The molecule has 2 aromatic rings. The first-order valence-corrected chi connectivity index (χ1v) is 8.81. The van der Waals surface area contributed by atoms with Crippen molar-refractivity contribution in [2.24, 2.45) is 0 Å². The van der Waals surface area contributed by atoms with E-state index < -0.39 is 0 Å². The summed E-state index contributed by atoms with van der Waals surface area (Å²) in [5.74, 6) is 1.60. The van der Waals surface area contributed by atoms with Crippen LogP contribution in [0.4, 0.5) is 0 Å². The van der Waals surface area contributed by atoms with Crippen LogP contribution in [0.25, 0.3) is 0 Å². The van der Waals surface area contributed by atoms with Crippen molar-refractivity contribution in [2.45, 2.75) is 45.7 Å².